The molecule has 1 aromatic carbocycles. The number of unbranched alkanes of at least 4 members (excludes halogenated alkanes) is 13. The van der Waals surface area contributed by atoms with Crippen LogP contribution in [-0.2, 0) is 9.59 Å². The van der Waals surface area contributed by atoms with Gasteiger partial charge in [-0.15, -0.1) is 0 Å². The fourth-order valence-corrected chi connectivity index (χ4v) is 3.63. The normalized spacial score (nSPS) is 11.9. The third-order valence-electron chi connectivity index (χ3n) is 5.63. The van der Waals surface area contributed by atoms with Crippen LogP contribution in [0.1, 0.15) is 122 Å². The highest BCUT2D eigenvalue weighted by atomic mass is 16.1. The van der Waals surface area contributed by atoms with Gasteiger partial charge in [0, 0.05) is 18.0 Å². The van der Waals surface area contributed by atoms with Gasteiger partial charge >= 0.3 is 0 Å². The van der Waals surface area contributed by atoms with Crippen LogP contribution < -0.4 is 5.32 Å². The summed E-state index contributed by atoms with van der Waals surface area (Å²) < 4.78 is 0. The molecule has 0 aliphatic rings. The van der Waals surface area contributed by atoms with Crippen molar-refractivity contribution in [2.24, 2.45) is 0 Å². The van der Waals surface area contributed by atoms with E-state index in [0.717, 1.165) is 24.1 Å². The molecule has 0 saturated carbocycles. The number of nitrogens with one attached hydrogen (secondary N) is 1. The van der Waals surface area contributed by atoms with Crippen LogP contribution in [0.2, 0.25) is 0 Å². The molecule has 0 spiro atoms. The summed E-state index contributed by atoms with van der Waals surface area (Å²) >= 11 is 0. The highest BCUT2D eigenvalue weighted by Crippen LogP contribution is 2.17. The molecular formula is C26H42NO2. The van der Waals surface area contributed by atoms with Gasteiger partial charge in [-0.3, -0.25) is 9.59 Å². The van der Waals surface area contributed by atoms with Gasteiger partial charge in [-0.25, -0.2) is 0 Å². The van der Waals surface area contributed by atoms with Crippen LogP contribution >= 0.6 is 0 Å². The van der Waals surface area contributed by atoms with Crippen LogP contribution in [0, 0.1) is 0 Å². The zero-order valence-corrected chi connectivity index (χ0v) is 18.8. The van der Waals surface area contributed by atoms with Gasteiger partial charge in [0.1, 0.15) is 0 Å². The minimum atomic E-state index is -0.227. The lowest BCUT2D eigenvalue weighted by Gasteiger charge is -2.08. The molecule has 3 nitrogen and oxygen atoms in total. The molecule has 1 radical (unpaired) electrons. The number of carbonyl (C=O) groups excluding carboxylic acids is 2. The first-order chi connectivity index (χ1) is 14.2. The summed E-state index contributed by atoms with van der Waals surface area (Å²) in [7, 11) is 0. The van der Waals surface area contributed by atoms with Crippen LogP contribution in [0.5, 0.6) is 0 Å². The van der Waals surface area contributed by atoms with Gasteiger partial charge in [0.15, 0.2) is 0 Å². The predicted octanol–water partition coefficient (Wildman–Crippen LogP) is 7.71. The molecule has 3 heteroatoms. The van der Waals surface area contributed by atoms with E-state index in [9.17, 15) is 9.59 Å². The van der Waals surface area contributed by atoms with Crippen molar-refractivity contribution in [3.8, 4) is 0 Å². The molecule has 1 unspecified atom stereocenters. The van der Waals surface area contributed by atoms with Crippen molar-refractivity contribution in [3.05, 3.63) is 29.8 Å². The van der Waals surface area contributed by atoms with E-state index in [1.165, 1.54) is 77.0 Å². The van der Waals surface area contributed by atoms with Gasteiger partial charge in [0.25, 0.3) is 0 Å². The monoisotopic (exact) mass is 400 g/mol. The van der Waals surface area contributed by atoms with Gasteiger partial charge in [0.05, 0.1) is 0 Å². The maximum Gasteiger partial charge on any atom is 0.224 e. The third kappa shape index (κ3) is 13.2. The van der Waals surface area contributed by atoms with Crippen molar-refractivity contribution < 1.29 is 9.59 Å². The number of benzene rings is 1. The highest BCUT2D eigenvalue weighted by Gasteiger charge is 2.06. The third-order valence-corrected chi connectivity index (χ3v) is 5.63. The molecule has 0 aliphatic heterocycles. The summed E-state index contributed by atoms with van der Waals surface area (Å²) in [5.74, 6) is -0.151. The average molecular weight is 401 g/mol. The second kappa shape index (κ2) is 17.2. The lowest BCUT2D eigenvalue weighted by Crippen LogP contribution is -2.11. The SMILES string of the molecule is CCCCCCCCCCCCCCCCC(=O)Nc1ccc(C(C)[C]=O)cc1. The first-order valence-corrected chi connectivity index (χ1v) is 11.9. The fourth-order valence-electron chi connectivity index (χ4n) is 3.63. The minimum Gasteiger partial charge on any atom is -0.326 e. The summed E-state index contributed by atoms with van der Waals surface area (Å²) in [5, 5.41) is 2.94. The minimum absolute atomic E-state index is 0.0756. The summed E-state index contributed by atoms with van der Waals surface area (Å²) in [6.45, 7) is 4.09. The van der Waals surface area contributed by atoms with Crippen molar-refractivity contribution in [2.45, 2.75) is 116 Å². The Hall–Kier alpha value is -1.64. The van der Waals surface area contributed by atoms with E-state index in [1.54, 1.807) is 0 Å². The Kier molecular flexibility index (Phi) is 15.1. The van der Waals surface area contributed by atoms with E-state index in [0.29, 0.717) is 6.42 Å². The number of anilines is 1. The highest BCUT2D eigenvalue weighted by molar-refractivity contribution is 5.90. The van der Waals surface area contributed by atoms with Crippen LogP contribution in [0.4, 0.5) is 5.69 Å². The van der Waals surface area contributed by atoms with E-state index in [1.807, 2.05) is 37.5 Å². The fraction of sp³-hybridized carbons (Fsp3) is 0.692. The number of carbonyl (C=O) groups is 1. The summed E-state index contributed by atoms with van der Waals surface area (Å²) in [6.07, 6.45) is 21.1. The summed E-state index contributed by atoms with van der Waals surface area (Å²) in [6, 6.07) is 7.45. The number of hydrogen-bond acceptors (Lipinski definition) is 2. The van der Waals surface area contributed by atoms with Crippen molar-refractivity contribution >= 4 is 17.9 Å². The quantitative estimate of drug-likeness (QED) is 0.256. The summed E-state index contributed by atoms with van der Waals surface area (Å²) in [4.78, 5) is 22.7. The van der Waals surface area contributed by atoms with E-state index in [2.05, 4.69) is 12.2 Å². The van der Waals surface area contributed by atoms with Gasteiger partial charge in [-0.05, 0) is 24.1 Å². The number of amides is 1. The van der Waals surface area contributed by atoms with Crippen molar-refractivity contribution in [1.82, 2.24) is 0 Å². The zero-order chi connectivity index (χ0) is 21.2. The maximum atomic E-state index is 12.0. The van der Waals surface area contributed by atoms with E-state index in [-0.39, 0.29) is 11.8 Å². The molecule has 1 rings (SSSR count). The van der Waals surface area contributed by atoms with Crippen molar-refractivity contribution in [2.75, 3.05) is 5.32 Å². The topological polar surface area (TPSA) is 46.2 Å². The van der Waals surface area contributed by atoms with Crippen molar-refractivity contribution in [1.29, 1.82) is 0 Å². The second-order valence-electron chi connectivity index (χ2n) is 8.36. The zero-order valence-electron chi connectivity index (χ0n) is 18.8. The Morgan fingerprint density at radius 2 is 1.24 bits per heavy atom. The van der Waals surface area contributed by atoms with Crippen molar-refractivity contribution in [3.63, 3.8) is 0 Å². The molecule has 0 fully saturated rings. The largest absolute Gasteiger partial charge is 0.326 e. The van der Waals surface area contributed by atoms with E-state index in [4.69, 9.17) is 0 Å². The molecule has 1 atom stereocenters. The molecule has 163 valence electrons. The molecule has 1 amide bonds. The molecule has 0 saturated heterocycles. The molecule has 1 aromatic rings. The Bertz CT molecular complexity index is 538. The first-order valence-electron chi connectivity index (χ1n) is 11.9. The molecule has 0 aliphatic carbocycles. The lowest BCUT2D eigenvalue weighted by atomic mass is 10.0. The van der Waals surface area contributed by atoms with E-state index >= 15 is 0 Å². The molecule has 0 heterocycles. The number of rotatable bonds is 18. The Morgan fingerprint density at radius 1 is 0.793 bits per heavy atom. The van der Waals surface area contributed by atoms with E-state index < -0.39 is 0 Å². The van der Waals surface area contributed by atoms with Crippen LogP contribution in [-0.4, -0.2) is 12.2 Å². The first kappa shape index (κ1) is 25.4. The Morgan fingerprint density at radius 3 is 1.69 bits per heavy atom. The Balaban J connectivity index is 1.93. The molecule has 1 N–H and O–H groups in total. The lowest BCUT2D eigenvalue weighted by molar-refractivity contribution is -0.116. The molecule has 29 heavy (non-hydrogen) atoms. The molecular weight excluding hydrogens is 358 g/mol. The Labute approximate surface area is 179 Å². The maximum absolute atomic E-state index is 12.0. The van der Waals surface area contributed by atoms with Gasteiger partial charge in [-0.1, -0.05) is 109 Å². The second-order valence-corrected chi connectivity index (χ2v) is 8.36. The van der Waals surface area contributed by atoms with Gasteiger partial charge in [-0.2, -0.15) is 0 Å². The summed E-state index contributed by atoms with van der Waals surface area (Å²) in [5.41, 5.74) is 1.71. The van der Waals surface area contributed by atoms with Crippen LogP contribution in [0.3, 0.4) is 0 Å². The van der Waals surface area contributed by atoms with Gasteiger partial charge < -0.3 is 5.32 Å². The van der Waals surface area contributed by atoms with Gasteiger partial charge in [0.2, 0.25) is 12.2 Å². The standard InChI is InChI=1S/C26H42NO2/c1-3-4-5-6-7-8-9-10-11-12-13-14-15-16-17-26(29)27-25-20-18-24(19-21-25)23(2)22-28/h18-21,23H,3-17H2,1-2H3,(H,27,29). The van der Waals surface area contributed by atoms with Crippen LogP contribution in [0.25, 0.3) is 0 Å². The average Bonchev–Trinajstić information content (AvgIpc) is 2.74. The molecule has 0 aromatic heterocycles. The smallest absolute Gasteiger partial charge is 0.224 e. The number of hydrogen-bond donors (Lipinski definition) is 1. The van der Waals surface area contributed by atoms with Crippen LogP contribution in [0.15, 0.2) is 24.3 Å². The molecule has 0 bridgehead atoms. The predicted molar refractivity (Wildman–Crippen MR) is 124 cm³/mol.